The minimum atomic E-state index is -0.0847. The molecule has 1 aromatic rings. The lowest BCUT2D eigenvalue weighted by molar-refractivity contribution is 0.365. The van der Waals surface area contributed by atoms with E-state index in [2.05, 4.69) is 39.0 Å². The van der Waals surface area contributed by atoms with Crippen LogP contribution in [0.25, 0.3) is 0 Å². The van der Waals surface area contributed by atoms with Crippen molar-refractivity contribution in [3.63, 3.8) is 0 Å². The Kier molecular flexibility index (Phi) is 4.67. The van der Waals surface area contributed by atoms with Crippen molar-refractivity contribution >= 4 is 0 Å². The average Bonchev–Trinajstić information content (AvgIpc) is 2.56. The van der Waals surface area contributed by atoms with Crippen LogP contribution in [0.2, 0.25) is 0 Å². The fourth-order valence-electron chi connectivity index (χ4n) is 3.68. The van der Waals surface area contributed by atoms with Gasteiger partial charge in [-0.3, -0.25) is 0 Å². The van der Waals surface area contributed by atoms with Crippen LogP contribution < -0.4 is 5.73 Å². The molecule has 1 heteroatoms. The molecule has 2 atom stereocenters. The van der Waals surface area contributed by atoms with E-state index < -0.39 is 0 Å². The summed E-state index contributed by atoms with van der Waals surface area (Å²) in [5, 5.41) is 0. The van der Waals surface area contributed by atoms with Crippen molar-refractivity contribution in [2.75, 3.05) is 0 Å². The summed E-state index contributed by atoms with van der Waals surface area (Å²) in [6, 6.07) is 6.74. The van der Waals surface area contributed by atoms with Crippen LogP contribution >= 0.6 is 0 Å². The van der Waals surface area contributed by atoms with Gasteiger partial charge < -0.3 is 5.73 Å². The van der Waals surface area contributed by atoms with Crippen LogP contribution in [0.4, 0.5) is 0 Å². The van der Waals surface area contributed by atoms with E-state index in [-0.39, 0.29) is 5.54 Å². The molecule has 106 valence electrons. The summed E-state index contributed by atoms with van der Waals surface area (Å²) >= 11 is 0. The monoisotopic (exact) mass is 259 g/mol. The van der Waals surface area contributed by atoms with Crippen molar-refractivity contribution in [2.45, 2.75) is 71.3 Å². The molecule has 2 N–H and O–H groups in total. The Labute approximate surface area is 118 Å². The van der Waals surface area contributed by atoms with Gasteiger partial charge in [-0.25, -0.2) is 0 Å². The van der Waals surface area contributed by atoms with Crippen molar-refractivity contribution in [3.05, 3.63) is 34.9 Å². The highest BCUT2D eigenvalue weighted by atomic mass is 14.7. The fourth-order valence-corrected chi connectivity index (χ4v) is 3.68. The van der Waals surface area contributed by atoms with Crippen LogP contribution in [0.15, 0.2) is 18.2 Å². The van der Waals surface area contributed by atoms with E-state index in [1.165, 1.54) is 48.8 Å². The number of hydrogen-bond acceptors (Lipinski definition) is 1. The van der Waals surface area contributed by atoms with Gasteiger partial charge in [0.05, 0.1) is 0 Å². The third-order valence-electron chi connectivity index (χ3n) is 4.86. The Morgan fingerprint density at radius 3 is 2.74 bits per heavy atom. The third-order valence-corrected chi connectivity index (χ3v) is 4.86. The van der Waals surface area contributed by atoms with E-state index in [0.29, 0.717) is 0 Å². The Hall–Kier alpha value is -0.820. The first-order valence-electron chi connectivity index (χ1n) is 7.92. The van der Waals surface area contributed by atoms with E-state index in [0.717, 1.165) is 18.8 Å². The minimum Gasteiger partial charge on any atom is -0.321 e. The molecule has 1 fully saturated rings. The Balaban J connectivity index is 2.20. The van der Waals surface area contributed by atoms with E-state index in [1.807, 2.05) is 0 Å². The SMILES string of the molecule is CCCC1CCCC(N)(c2cc(C)ccc2C)CC1. The standard InChI is InChI=1S/C18H29N/c1-4-6-16-7-5-11-18(19,12-10-16)17-13-14(2)8-9-15(17)3/h8-9,13,16H,4-7,10-12,19H2,1-3H3. The summed E-state index contributed by atoms with van der Waals surface area (Å²) in [5.74, 6) is 0.903. The minimum absolute atomic E-state index is 0.0847. The molecule has 0 aliphatic heterocycles. The molecule has 0 radical (unpaired) electrons. The predicted molar refractivity (Wildman–Crippen MR) is 83.3 cm³/mol. The molecule has 0 amide bonds. The molecule has 1 aliphatic rings. The summed E-state index contributed by atoms with van der Waals surface area (Å²) in [4.78, 5) is 0. The highest BCUT2D eigenvalue weighted by Gasteiger charge is 2.31. The number of hydrogen-bond donors (Lipinski definition) is 1. The summed E-state index contributed by atoms with van der Waals surface area (Å²) in [7, 11) is 0. The number of nitrogens with two attached hydrogens (primary N) is 1. The summed E-state index contributed by atoms with van der Waals surface area (Å²) < 4.78 is 0. The second-order valence-corrected chi connectivity index (χ2v) is 6.56. The Bertz CT molecular complexity index is 424. The van der Waals surface area contributed by atoms with Crippen LogP contribution in [-0.2, 0) is 5.54 Å². The van der Waals surface area contributed by atoms with Crippen molar-refractivity contribution in [2.24, 2.45) is 11.7 Å². The maximum atomic E-state index is 6.81. The molecular weight excluding hydrogens is 230 g/mol. The molecule has 0 aromatic heterocycles. The van der Waals surface area contributed by atoms with Gasteiger partial charge in [-0.2, -0.15) is 0 Å². The lowest BCUT2D eigenvalue weighted by atomic mass is 9.80. The quantitative estimate of drug-likeness (QED) is 0.772. The van der Waals surface area contributed by atoms with Gasteiger partial charge in [0.15, 0.2) is 0 Å². The lowest BCUT2D eigenvalue weighted by Crippen LogP contribution is -2.37. The highest BCUT2D eigenvalue weighted by molar-refractivity contribution is 5.36. The van der Waals surface area contributed by atoms with Gasteiger partial charge in [-0.15, -0.1) is 0 Å². The van der Waals surface area contributed by atoms with Gasteiger partial charge in [0.2, 0.25) is 0 Å². The van der Waals surface area contributed by atoms with E-state index in [4.69, 9.17) is 5.73 Å². The summed E-state index contributed by atoms with van der Waals surface area (Å²) in [6.45, 7) is 6.67. The zero-order valence-electron chi connectivity index (χ0n) is 12.8. The van der Waals surface area contributed by atoms with Gasteiger partial charge >= 0.3 is 0 Å². The number of benzene rings is 1. The molecule has 0 heterocycles. The molecule has 1 aliphatic carbocycles. The average molecular weight is 259 g/mol. The van der Waals surface area contributed by atoms with E-state index >= 15 is 0 Å². The van der Waals surface area contributed by atoms with Crippen LogP contribution in [-0.4, -0.2) is 0 Å². The largest absolute Gasteiger partial charge is 0.321 e. The van der Waals surface area contributed by atoms with Crippen LogP contribution in [0.1, 0.15) is 68.6 Å². The normalized spacial score (nSPS) is 28.1. The first kappa shape index (κ1) is 14.6. The van der Waals surface area contributed by atoms with Crippen molar-refractivity contribution in [3.8, 4) is 0 Å². The van der Waals surface area contributed by atoms with Crippen LogP contribution in [0.5, 0.6) is 0 Å². The van der Waals surface area contributed by atoms with Crippen molar-refractivity contribution < 1.29 is 0 Å². The first-order chi connectivity index (χ1) is 9.05. The Morgan fingerprint density at radius 1 is 1.21 bits per heavy atom. The molecule has 2 rings (SSSR count). The molecule has 1 nitrogen and oxygen atoms in total. The molecule has 2 unspecified atom stereocenters. The molecule has 0 bridgehead atoms. The number of aryl methyl sites for hydroxylation is 2. The van der Waals surface area contributed by atoms with Crippen LogP contribution in [0.3, 0.4) is 0 Å². The zero-order valence-corrected chi connectivity index (χ0v) is 12.8. The molecule has 0 saturated heterocycles. The zero-order chi connectivity index (χ0) is 13.9. The topological polar surface area (TPSA) is 26.0 Å². The van der Waals surface area contributed by atoms with Gasteiger partial charge in [0, 0.05) is 5.54 Å². The molecular formula is C18H29N. The predicted octanol–water partition coefficient (Wildman–Crippen LogP) is 4.84. The second-order valence-electron chi connectivity index (χ2n) is 6.56. The maximum Gasteiger partial charge on any atom is 0.0412 e. The lowest BCUT2D eigenvalue weighted by Gasteiger charge is -2.31. The first-order valence-corrected chi connectivity index (χ1v) is 7.92. The van der Waals surface area contributed by atoms with Gasteiger partial charge in [0.1, 0.15) is 0 Å². The molecule has 19 heavy (non-hydrogen) atoms. The summed E-state index contributed by atoms with van der Waals surface area (Å²) in [6.07, 6.45) is 8.96. The van der Waals surface area contributed by atoms with Gasteiger partial charge in [-0.05, 0) is 50.2 Å². The summed E-state index contributed by atoms with van der Waals surface area (Å²) in [5.41, 5.74) is 10.8. The van der Waals surface area contributed by atoms with Crippen molar-refractivity contribution in [1.29, 1.82) is 0 Å². The smallest absolute Gasteiger partial charge is 0.0412 e. The van der Waals surface area contributed by atoms with E-state index in [1.54, 1.807) is 0 Å². The molecule has 0 spiro atoms. The second kappa shape index (κ2) is 6.09. The van der Waals surface area contributed by atoms with Crippen molar-refractivity contribution in [1.82, 2.24) is 0 Å². The molecule has 1 saturated carbocycles. The Morgan fingerprint density at radius 2 is 2.00 bits per heavy atom. The van der Waals surface area contributed by atoms with E-state index in [9.17, 15) is 0 Å². The third kappa shape index (κ3) is 3.39. The van der Waals surface area contributed by atoms with Gasteiger partial charge in [0.25, 0.3) is 0 Å². The maximum absolute atomic E-state index is 6.81. The number of rotatable bonds is 3. The molecule has 1 aromatic carbocycles. The fraction of sp³-hybridized carbons (Fsp3) is 0.667. The van der Waals surface area contributed by atoms with Crippen LogP contribution in [0, 0.1) is 19.8 Å². The highest BCUT2D eigenvalue weighted by Crippen LogP contribution is 2.38. The van der Waals surface area contributed by atoms with Gasteiger partial charge in [-0.1, -0.05) is 56.4 Å².